The molecule has 0 unspecified atom stereocenters. The molecule has 2 aromatic heterocycles. The fraction of sp³-hybridized carbons (Fsp3) is 0. The molecule has 0 atom stereocenters. The van der Waals surface area contributed by atoms with Crippen molar-refractivity contribution in [2.75, 3.05) is 5.73 Å². The van der Waals surface area contributed by atoms with Crippen LogP contribution in [0.15, 0.2) is 30.6 Å². The summed E-state index contributed by atoms with van der Waals surface area (Å²) in [4.78, 5) is 15.3. The maximum atomic E-state index is 8.91. The third kappa shape index (κ3) is 1.55. The van der Waals surface area contributed by atoms with Crippen molar-refractivity contribution in [2.45, 2.75) is 0 Å². The quantitative estimate of drug-likeness (QED) is 0.665. The van der Waals surface area contributed by atoms with Crippen LogP contribution in [-0.4, -0.2) is 19.9 Å². The lowest BCUT2D eigenvalue weighted by Crippen LogP contribution is -1.98. The van der Waals surface area contributed by atoms with Crippen molar-refractivity contribution >= 4 is 17.1 Å². The van der Waals surface area contributed by atoms with Crippen molar-refractivity contribution in [1.82, 2.24) is 19.9 Å². The van der Waals surface area contributed by atoms with Gasteiger partial charge in [-0.15, -0.1) is 0 Å². The van der Waals surface area contributed by atoms with E-state index in [2.05, 4.69) is 26.0 Å². The first-order valence-corrected chi connectivity index (χ1v) is 5.25. The number of nitrogens with zero attached hydrogens (tertiary/aromatic N) is 4. The molecule has 0 spiro atoms. The highest BCUT2D eigenvalue weighted by Crippen LogP contribution is 2.24. The average molecular weight is 236 g/mol. The Morgan fingerprint density at radius 2 is 2.17 bits per heavy atom. The van der Waals surface area contributed by atoms with Crippen molar-refractivity contribution in [3.05, 3.63) is 36.2 Å². The number of hydrogen-bond donors (Lipinski definition) is 2. The van der Waals surface area contributed by atoms with Gasteiger partial charge >= 0.3 is 0 Å². The number of hydrogen-bond acceptors (Lipinski definition) is 5. The third-order valence-corrected chi connectivity index (χ3v) is 2.57. The minimum Gasteiger partial charge on any atom is -0.368 e. The predicted octanol–water partition coefficient (Wildman–Crippen LogP) is 1.47. The number of nitrogen functional groups attached to an aromatic ring is 1. The Morgan fingerprint density at radius 3 is 3.00 bits per heavy atom. The second-order valence-electron chi connectivity index (χ2n) is 3.72. The summed E-state index contributed by atoms with van der Waals surface area (Å²) < 4.78 is 0. The molecule has 3 aromatic rings. The van der Waals surface area contributed by atoms with Crippen molar-refractivity contribution < 1.29 is 0 Å². The van der Waals surface area contributed by atoms with E-state index in [9.17, 15) is 0 Å². The molecule has 3 rings (SSSR count). The molecule has 0 amide bonds. The molecule has 3 N–H and O–H groups in total. The van der Waals surface area contributed by atoms with Gasteiger partial charge in [-0.1, -0.05) is 12.1 Å². The molecule has 6 heteroatoms. The number of rotatable bonds is 1. The maximum absolute atomic E-state index is 8.91. The van der Waals surface area contributed by atoms with E-state index < -0.39 is 0 Å². The summed E-state index contributed by atoms with van der Waals surface area (Å²) in [6.45, 7) is 0. The van der Waals surface area contributed by atoms with Gasteiger partial charge in [-0.25, -0.2) is 9.97 Å². The van der Waals surface area contributed by atoms with Crippen molar-refractivity contribution in [2.24, 2.45) is 0 Å². The Bertz CT molecular complexity index is 768. The molecule has 0 aliphatic carbocycles. The summed E-state index contributed by atoms with van der Waals surface area (Å²) in [5, 5.41) is 8.91. The number of benzene rings is 1. The van der Waals surface area contributed by atoms with Crippen LogP contribution in [0, 0.1) is 11.3 Å². The van der Waals surface area contributed by atoms with Crippen LogP contribution >= 0.6 is 0 Å². The molecule has 0 aliphatic rings. The number of nitriles is 1. The Hall–Kier alpha value is -2.94. The molecule has 6 nitrogen and oxygen atoms in total. The van der Waals surface area contributed by atoms with Gasteiger partial charge in [0, 0.05) is 5.56 Å². The van der Waals surface area contributed by atoms with Crippen LogP contribution in [0.25, 0.3) is 22.4 Å². The van der Waals surface area contributed by atoms with Crippen LogP contribution in [0.5, 0.6) is 0 Å². The number of nitrogens with one attached hydrogen (secondary N) is 1. The zero-order valence-electron chi connectivity index (χ0n) is 9.25. The third-order valence-electron chi connectivity index (χ3n) is 2.57. The van der Waals surface area contributed by atoms with Crippen molar-refractivity contribution in [3.8, 4) is 17.3 Å². The molecule has 18 heavy (non-hydrogen) atoms. The molecule has 0 saturated heterocycles. The molecule has 1 aromatic carbocycles. The molecule has 0 bridgehead atoms. The van der Waals surface area contributed by atoms with Gasteiger partial charge < -0.3 is 10.7 Å². The van der Waals surface area contributed by atoms with Crippen LogP contribution in [0.2, 0.25) is 0 Å². The maximum Gasteiger partial charge on any atom is 0.222 e. The number of H-pyrrole nitrogens is 1. The zero-order valence-corrected chi connectivity index (χ0v) is 9.25. The lowest BCUT2D eigenvalue weighted by molar-refractivity contribution is 1.22. The van der Waals surface area contributed by atoms with Crippen LogP contribution < -0.4 is 5.73 Å². The number of anilines is 1. The molecule has 2 heterocycles. The van der Waals surface area contributed by atoms with Gasteiger partial charge in [0.05, 0.1) is 18.0 Å². The molecule has 0 radical (unpaired) electrons. The first-order valence-electron chi connectivity index (χ1n) is 5.25. The van der Waals surface area contributed by atoms with Gasteiger partial charge in [0.1, 0.15) is 11.2 Å². The molecule has 0 saturated carbocycles. The van der Waals surface area contributed by atoms with Crippen LogP contribution in [0.3, 0.4) is 0 Å². The standard InChI is InChI=1S/C12H8N6/c13-5-7-2-1-3-8(4-7)9-10-11(16-6-15-10)18-12(14)17-9/h1-4,6H,(H3,14,15,16,17,18). The number of imidazole rings is 1. The highest BCUT2D eigenvalue weighted by atomic mass is 15.1. The van der Waals surface area contributed by atoms with Gasteiger partial charge in [-0.2, -0.15) is 10.2 Å². The van der Waals surface area contributed by atoms with Gasteiger partial charge in [0.15, 0.2) is 5.65 Å². The molecular formula is C12H8N6. The highest BCUT2D eigenvalue weighted by molar-refractivity contribution is 5.88. The van der Waals surface area contributed by atoms with Gasteiger partial charge in [0.25, 0.3) is 0 Å². The minimum absolute atomic E-state index is 0.159. The van der Waals surface area contributed by atoms with E-state index in [0.29, 0.717) is 22.4 Å². The number of fused-ring (bicyclic) bond motifs is 1. The van der Waals surface area contributed by atoms with Crippen molar-refractivity contribution in [1.29, 1.82) is 5.26 Å². The Kier molecular flexibility index (Phi) is 2.17. The van der Waals surface area contributed by atoms with E-state index in [1.54, 1.807) is 18.2 Å². The normalized spacial score (nSPS) is 10.4. The Labute approximate surface area is 102 Å². The second kappa shape index (κ2) is 3.82. The summed E-state index contributed by atoms with van der Waals surface area (Å²) in [6.07, 6.45) is 1.54. The zero-order chi connectivity index (χ0) is 12.5. The van der Waals surface area contributed by atoms with Crippen LogP contribution in [0.4, 0.5) is 5.95 Å². The number of aromatic amines is 1. The van der Waals surface area contributed by atoms with Crippen LogP contribution in [0.1, 0.15) is 5.56 Å². The number of nitrogens with two attached hydrogens (primary N) is 1. The fourth-order valence-electron chi connectivity index (χ4n) is 1.79. The van der Waals surface area contributed by atoms with E-state index >= 15 is 0 Å². The Balaban J connectivity index is 2.30. The lowest BCUT2D eigenvalue weighted by Gasteiger charge is -2.03. The molecule has 0 fully saturated rings. The van der Waals surface area contributed by atoms with E-state index in [4.69, 9.17) is 11.0 Å². The molecular weight excluding hydrogens is 228 g/mol. The van der Waals surface area contributed by atoms with Crippen LogP contribution in [-0.2, 0) is 0 Å². The average Bonchev–Trinajstić information content (AvgIpc) is 2.85. The minimum atomic E-state index is 0.159. The van der Waals surface area contributed by atoms with Crippen molar-refractivity contribution in [3.63, 3.8) is 0 Å². The monoisotopic (exact) mass is 236 g/mol. The van der Waals surface area contributed by atoms with Gasteiger partial charge in [-0.05, 0) is 12.1 Å². The second-order valence-corrected chi connectivity index (χ2v) is 3.72. The molecule has 0 aliphatic heterocycles. The summed E-state index contributed by atoms with van der Waals surface area (Å²) in [6, 6.07) is 9.24. The van der Waals surface area contributed by atoms with E-state index in [0.717, 1.165) is 5.56 Å². The van der Waals surface area contributed by atoms with E-state index in [1.165, 1.54) is 6.33 Å². The molecule has 86 valence electrons. The Morgan fingerprint density at radius 1 is 1.28 bits per heavy atom. The van der Waals surface area contributed by atoms with Gasteiger partial charge in [-0.3, -0.25) is 0 Å². The highest BCUT2D eigenvalue weighted by Gasteiger charge is 2.10. The van der Waals surface area contributed by atoms with E-state index in [1.807, 2.05) is 6.07 Å². The summed E-state index contributed by atoms with van der Waals surface area (Å²) >= 11 is 0. The topological polar surface area (TPSA) is 104 Å². The SMILES string of the molecule is N#Cc1cccc(-c2nc(N)nc3nc[nH]c23)c1. The largest absolute Gasteiger partial charge is 0.368 e. The van der Waals surface area contributed by atoms with Gasteiger partial charge in [0.2, 0.25) is 5.95 Å². The number of aromatic nitrogens is 4. The summed E-state index contributed by atoms with van der Waals surface area (Å²) in [5.41, 5.74) is 8.89. The lowest BCUT2D eigenvalue weighted by atomic mass is 10.1. The smallest absolute Gasteiger partial charge is 0.222 e. The summed E-state index contributed by atoms with van der Waals surface area (Å²) in [7, 11) is 0. The first-order chi connectivity index (χ1) is 8.78. The summed E-state index contributed by atoms with van der Waals surface area (Å²) in [5.74, 6) is 0.159. The first kappa shape index (κ1) is 10.2. The predicted molar refractivity (Wildman–Crippen MR) is 66.2 cm³/mol. The fourth-order valence-corrected chi connectivity index (χ4v) is 1.79. The van der Waals surface area contributed by atoms with E-state index in [-0.39, 0.29) is 5.95 Å².